The summed E-state index contributed by atoms with van der Waals surface area (Å²) in [6.07, 6.45) is 1.18. The van der Waals surface area contributed by atoms with Gasteiger partial charge in [0.25, 0.3) is 5.91 Å². The van der Waals surface area contributed by atoms with Crippen molar-refractivity contribution in [2.24, 2.45) is 0 Å². The molecule has 1 heterocycles. The Bertz CT molecular complexity index is 876. The summed E-state index contributed by atoms with van der Waals surface area (Å²) in [6, 6.07) is 19.1. The van der Waals surface area contributed by atoms with Crippen molar-refractivity contribution >= 4 is 23.3 Å². The van der Waals surface area contributed by atoms with Crippen molar-refractivity contribution in [3.63, 3.8) is 0 Å². The van der Waals surface area contributed by atoms with Crippen LogP contribution in [0.2, 0.25) is 0 Å². The van der Waals surface area contributed by atoms with Gasteiger partial charge in [-0.1, -0.05) is 30.3 Å². The van der Waals surface area contributed by atoms with Gasteiger partial charge in [-0.2, -0.15) is 0 Å². The predicted molar refractivity (Wildman–Crippen MR) is 97.3 cm³/mol. The standard InChI is InChI=1S/C20H18N2O4/c23-19(24)13-17(18-11-6-12-26-18)22-20(25)15-9-4-5-10-16(15)21-14-7-2-1-3-8-14/h1-12,17,21H,13H2,(H,22,25)(H,23,24). The fourth-order valence-corrected chi connectivity index (χ4v) is 2.59. The minimum Gasteiger partial charge on any atom is -0.481 e. The Morgan fingerprint density at radius 3 is 2.38 bits per heavy atom. The summed E-state index contributed by atoms with van der Waals surface area (Å²) >= 11 is 0. The number of aliphatic carboxylic acids is 1. The minimum absolute atomic E-state index is 0.270. The van der Waals surface area contributed by atoms with Crippen molar-refractivity contribution in [1.29, 1.82) is 0 Å². The number of furan rings is 1. The molecule has 1 aromatic heterocycles. The first-order valence-electron chi connectivity index (χ1n) is 8.10. The molecule has 6 nitrogen and oxygen atoms in total. The van der Waals surface area contributed by atoms with Crippen molar-refractivity contribution in [3.05, 3.63) is 84.3 Å². The molecule has 0 aliphatic rings. The average Bonchev–Trinajstić information content (AvgIpc) is 3.17. The molecule has 0 spiro atoms. The molecule has 0 aliphatic heterocycles. The van der Waals surface area contributed by atoms with Gasteiger partial charge >= 0.3 is 5.97 Å². The zero-order chi connectivity index (χ0) is 18.4. The molecule has 3 aromatic rings. The predicted octanol–water partition coefficient (Wildman–Crippen LogP) is 3.97. The summed E-state index contributed by atoms with van der Waals surface area (Å²) in [5, 5.41) is 15.1. The minimum atomic E-state index is -1.03. The van der Waals surface area contributed by atoms with E-state index in [0.29, 0.717) is 17.0 Å². The van der Waals surface area contributed by atoms with Gasteiger partial charge in [-0.15, -0.1) is 0 Å². The van der Waals surface area contributed by atoms with Gasteiger partial charge in [-0.25, -0.2) is 0 Å². The molecule has 6 heteroatoms. The highest BCUT2D eigenvalue weighted by atomic mass is 16.4. The number of rotatable bonds is 7. The number of nitrogens with one attached hydrogen (secondary N) is 2. The second kappa shape index (κ2) is 8.02. The van der Waals surface area contributed by atoms with Gasteiger partial charge in [-0.3, -0.25) is 9.59 Å². The van der Waals surface area contributed by atoms with Crippen molar-refractivity contribution in [2.75, 3.05) is 5.32 Å². The number of anilines is 2. The van der Waals surface area contributed by atoms with Crippen LogP contribution in [0.25, 0.3) is 0 Å². The molecule has 1 unspecified atom stereocenters. The quantitative estimate of drug-likeness (QED) is 0.600. The van der Waals surface area contributed by atoms with Crippen LogP contribution in [-0.2, 0) is 4.79 Å². The molecule has 0 saturated heterocycles. The number of carbonyl (C=O) groups excluding carboxylic acids is 1. The lowest BCUT2D eigenvalue weighted by atomic mass is 10.1. The number of amides is 1. The zero-order valence-electron chi connectivity index (χ0n) is 13.9. The van der Waals surface area contributed by atoms with E-state index in [1.54, 1.807) is 30.3 Å². The molecular formula is C20H18N2O4. The summed E-state index contributed by atoms with van der Waals surface area (Å²) in [5.41, 5.74) is 1.89. The van der Waals surface area contributed by atoms with E-state index in [1.807, 2.05) is 36.4 Å². The summed E-state index contributed by atoms with van der Waals surface area (Å²) in [4.78, 5) is 23.9. The SMILES string of the molecule is O=C(O)CC(NC(=O)c1ccccc1Nc1ccccc1)c1ccco1. The highest BCUT2D eigenvalue weighted by molar-refractivity contribution is 6.00. The van der Waals surface area contributed by atoms with Gasteiger partial charge in [0.05, 0.1) is 30.0 Å². The van der Waals surface area contributed by atoms with E-state index < -0.39 is 12.0 Å². The fourth-order valence-electron chi connectivity index (χ4n) is 2.59. The number of para-hydroxylation sites is 2. The summed E-state index contributed by atoms with van der Waals surface area (Å²) in [6.45, 7) is 0. The van der Waals surface area contributed by atoms with Crippen LogP contribution in [-0.4, -0.2) is 17.0 Å². The van der Waals surface area contributed by atoms with E-state index in [-0.39, 0.29) is 12.3 Å². The molecule has 0 saturated carbocycles. The zero-order valence-corrected chi connectivity index (χ0v) is 13.9. The molecule has 0 fully saturated rings. The number of benzene rings is 2. The van der Waals surface area contributed by atoms with Crippen LogP contribution >= 0.6 is 0 Å². The third-order valence-electron chi connectivity index (χ3n) is 3.80. The maximum absolute atomic E-state index is 12.8. The Morgan fingerprint density at radius 1 is 0.962 bits per heavy atom. The molecule has 1 atom stereocenters. The van der Waals surface area contributed by atoms with Gasteiger partial charge < -0.3 is 20.2 Å². The van der Waals surface area contributed by atoms with Gasteiger partial charge in [0.1, 0.15) is 5.76 Å². The average molecular weight is 350 g/mol. The molecule has 0 aliphatic carbocycles. The first-order valence-corrected chi connectivity index (χ1v) is 8.10. The number of carboxylic acids is 1. The van der Waals surface area contributed by atoms with Gasteiger partial charge in [0.15, 0.2) is 0 Å². The topological polar surface area (TPSA) is 91.6 Å². The van der Waals surface area contributed by atoms with E-state index >= 15 is 0 Å². The Kier molecular flexibility index (Phi) is 5.34. The summed E-state index contributed by atoms with van der Waals surface area (Å²) in [5.74, 6) is -1.01. The van der Waals surface area contributed by atoms with Gasteiger partial charge in [-0.05, 0) is 36.4 Å². The smallest absolute Gasteiger partial charge is 0.305 e. The maximum Gasteiger partial charge on any atom is 0.305 e. The number of hydrogen-bond acceptors (Lipinski definition) is 4. The normalized spacial score (nSPS) is 11.5. The third-order valence-corrected chi connectivity index (χ3v) is 3.80. The molecule has 26 heavy (non-hydrogen) atoms. The summed E-state index contributed by atoms with van der Waals surface area (Å²) < 4.78 is 5.27. The van der Waals surface area contributed by atoms with Crippen LogP contribution in [0.3, 0.4) is 0 Å². The Labute approximate surface area is 150 Å². The molecule has 0 radical (unpaired) electrons. The second-order valence-corrected chi connectivity index (χ2v) is 5.68. The molecular weight excluding hydrogens is 332 g/mol. The molecule has 132 valence electrons. The van der Waals surface area contributed by atoms with Crippen molar-refractivity contribution in [1.82, 2.24) is 5.32 Å². The molecule has 3 rings (SSSR count). The van der Waals surface area contributed by atoms with E-state index in [9.17, 15) is 9.59 Å². The van der Waals surface area contributed by atoms with Gasteiger partial charge in [0, 0.05) is 5.69 Å². The molecule has 1 amide bonds. The monoisotopic (exact) mass is 350 g/mol. The largest absolute Gasteiger partial charge is 0.481 e. The van der Waals surface area contributed by atoms with Crippen LogP contribution in [0.5, 0.6) is 0 Å². The van der Waals surface area contributed by atoms with E-state index in [4.69, 9.17) is 9.52 Å². The highest BCUT2D eigenvalue weighted by Gasteiger charge is 2.22. The molecule has 2 aromatic carbocycles. The van der Waals surface area contributed by atoms with Crippen LogP contribution in [0.1, 0.15) is 28.6 Å². The highest BCUT2D eigenvalue weighted by Crippen LogP contribution is 2.23. The summed E-state index contributed by atoms with van der Waals surface area (Å²) in [7, 11) is 0. The first kappa shape index (κ1) is 17.3. The Morgan fingerprint density at radius 2 is 1.69 bits per heavy atom. The second-order valence-electron chi connectivity index (χ2n) is 5.68. The van der Waals surface area contributed by atoms with Crippen molar-refractivity contribution in [2.45, 2.75) is 12.5 Å². The van der Waals surface area contributed by atoms with Crippen LogP contribution in [0.4, 0.5) is 11.4 Å². The van der Waals surface area contributed by atoms with E-state index in [1.165, 1.54) is 6.26 Å². The van der Waals surface area contributed by atoms with Crippen LogP contribution in [0, 0.1) is 0 Å². The number of hydrogen-bond donors (Lipinski definition) is 3. The molecule has 0 bridgehead atoms. The van der Waals surface area contributed by atoms with E-state index in [0.717, 1.165) is 5.69 Å². The Hall–Kier alpha value is -3.54. The lowest BCUT2D eigenvalue weighted by Gasteiger charge is -2.17. The van der Waals surface area contributed by atoms with Crippen molar-refractivity contribution in [3.8, 4) is 0 Å². The van der Waals surface area contributed by atoms with Crippen LogP contribution in [0.15, 0.2) is 77.4 Å². The molecule has 3 N–H and O–H groups in total. The maximum atomic E-state index is 12.8. The first-order chi connectivity index (χ1) is 12.6. The van der Waals surface area contributed by atoms with E-state index in [2.05, 4.69) is 10.6 Å². The van der Waals surface area contributed by atoms with Gasteiger partial charge in [0.2, 0.25) is 0 Å². The number of carboxylic acid groups (broad SMARTS) is 1. The lowest BCUT2D eigenvalue weighted by molar-refractivity contribution is -0.137. The Balaban J connectivity index is 1.81. The van der Waals surface area contributed by atoms with Crippen molar-refractivity contribution < 1.29 is 19.1 Å². The number of carbonyl (C=O) groups is 2. The lowest BCUT2D eigenvalue weighted by Crippen LogP contribution is -2.30. The van der Waals surface area contributed by atoms with Crippen LogP contribution < -0.4 is 10.6 Å². The third kappa shape index (κ3) is 4.30. The fraction of sp³-hybridized carbons (Fsp3) is 0.100.